The van der Waals surface area contributed by atoms with Crippen molar-refractivity contribution in [3.63, 3.8) is 0 Å². The summed E-state index contributed by atoms with van der Waals surface area (Å²) in [4.78, 5) is 12.6. The Kier molecular flexibility index (Phi) is 6.71. The highest BCUT2D eigenvalue weighted by Gasteiger charge is 2.21. The van der Waals surface area contributed by atoms with Crippen molar-refractivity contribution in [3.8, 4) is 11.5 Å². The molecule has 0 bridgehead atoms. The Morgan fingerprint density at radius 2 is 1.80 bits per heavy atom. The Balaban J connectivity index is 2.01. The number of amides is 1. The number of benzene rings is 2. The first-order valence-corrected chi connectivity index (χ1v) is 8.69. The first-order valence-electron chi connectivity index (χ1n) is 8.31. The van der Waals surface area contributed by atoms with Crippen molar-refractivity contribution in [2.24, 2.45) is 0 Å². The molecule has 0 aliphatic heterocycles. The summed E-state index contributed by atoms with van der Waals surface area (Å²) >= 11 is 6.03. The minimum atomic E-state index is -0.554. The molecule has 0 saturated carbocycles. The Labute approximate surface area is 154 Å². The van der Waals surface area contributed by atoms with Crippen LogP contribution in [-0.4, -0.2) is 19.1 Å². The first kappa shape index (κ1) is 19.1. The number of ether oxygens (including phenoxy) is 2. The van der Waals surface area contributed by atoms with Gasteiger partial charge in [0.25, 0.3) is 5.91 Å². The Hall–Kier alpha value is -2.20. The van der Waals surface area contributed by atoms with Crippen molar-refractivity contribution >= 4 is 17.5 Å². The molecule has 0 aromatic heterocycles. The predicted octanol–water partition coefficient (Wildman–Crippen LogP) is 4.69. The standard InChI is InChI=1S/C20H24ClNO3/c1-5-19(25-17-10-11-18(21)13(2)12-17)20(23)22-14(3)15-6-8-16(24-4)9-7-15/h6-12,14,19H,5H2,1-4H3,(H,22,23)/t14-,19-/m0/s1. The molecule has 0 spiro atoms. The van der Waals surface area contributed by atoms with Crippen LogP contribution in [0, 0.1) is 6.92 Å². The van der Waals surface area contributed by atoms with Crippen LogP contribution in [0.5, 0.6) is 11.5 Å². The lowest BCUT2D eigenvalue weighted by Crippen LogP contribution is -2.39. The van der Waals surface area contributed by atoms with Crippen LogP contribution in [0.25, 0.3) is 0 Å². The van der Waals surface area contributed by atoms with E-state index in [1.807, 2.05) is 51.1 Å². The monoisotopic (exact) mass is 361 g/mol. The van der Waals surface area contributed by atoms with Gasteiger partial charge in [-0.1, -0.05) is 30.7 Å². The average molecular weight is 362 g/mol. The van der Waals surface area contributed by atoms with Gasteiger partial charge in [-0.2, -0.15) is 0 Å². The summed E-state index contributed by atoms with van der Waals surface area (Å²) < 4.78 is 11.0. The van der Waals surface area contributed by atoms with Crippen LogP contribution < -0.4 is 14.8 Å². The summed E-state index contributed by atoms with van der Waals surface area (Å²) in [5, 5.41) is 3.68. The Bertz CT molecular complexity index is 715. The molecule has 0 saturated heterocycles. The van der Waals surface area contributed by atoms with Crippen LogP contribution in [0.2, 0.25) is 5.02 Å². The number of carbonyl (C=O) groups excluding carboxylic acids is 1. The number of aryl methyl sites for hydroxylation is 1. The highest BCUT2D eigenvalue weighted by atomic mass is 35.5. The van der Waals surface area contributed by atoms with Gasteiger partial charge in [0, 0.05) is 5.02 Å². The third-order valence-electron chi connectivity index (χ3n) is 4.05. The number of nitrogens with one attached hydrogen (secondary N) is 1. The molecule has 1 N–H and O–H groups in total. The van der Waals surface area contributed by atoms with Gasteiger partial charge >= 0.3 is 0 Å². The number of hydrogen-bond acceptors (Lipinski definition) is 3. The fourth-order valence-electron chi connectivity index (χ4n) is 2.46. The zero-order valence-corrected chi connectivity index (χ0v) is 15.8. The van der Waals surface area contributed by atoms with Crippen molar-refractivity contribution in [2.75, 3.05) is 7.11 Å². The summed E-state index contributed by atoms with van der Waals surface area (Å²) in [7, 11) is 1.63. The van der Waals surface area contributed by atoms with E-state index in [9.17, 15) is 4.79 Å². The number of hydrogen-bond donors (Lipinski definition) is 1. The fourth-order valence-corrected chi connectivity index (χ4v) is 2.58. The third-order valence-corrected chi connectivity index (χ3v) is 4.47. The summed E-state index contributed by atoms with van der Waals surface area (Å²) in [6.45, 7) is 5.77. The zero-order valence-electron chi connectivity index (χ0n) is 15.0. The van der Waals surface area contributed by atoms with Crippen molar-refractivity contribution < 1.29 is 14.3 Å². The van der Waals surface area contributed by atoms with Crippen LogP contribution in [0.15, 0.2) is 42.5 Å². The molecular weight excluding hydrogens is 338 g/mol. The summed E-state index contributed by atoms with van der Waals surface area (Å²) in [5.41, 5.74) is 1.92. The number of methoxy groups -OCH3 is 1. The van der Waals surface area contributed by atoms with E-state index in [-0.39, 0.29) is 11.9 Å². The molecule has 0 aliphatic rings. The minimum absolute atomic E-state index is 0.122. The third kappa shape index (κ3) is 5.13. The van der Waals surface area contributed by atoms with Crippen molar-refractivity contribution in [1.29, 1.82) is 0 Å². The molecule has 4 nitrogen and oxygen atoms in total. The van der Waals surface area contributed by atoms with Crippen molar-refractivity contribution in [2.45, 2.75) is 39.3 Å². The van der Waals surface area contributed by atoms with E-state index >= 15 is 0 Å². The molecule has 0 unspecified atom stereocenters. The summed E-state index contributed by atoms with van der Waals surface area (Å²) in [5.74, 6) is 1.29. The Morgan fingerprint density at radius 3 is 2.36 bits per heavy atom. The summed E-state index contributed by atoms with van der Waals surface area (Å²) in [6, 6.07) is 12.9. The molecule has 0 fully saturated rings. The molecule has 2 aromatic carbocycles. The molecule has 0 radical (unpaired) electrons. The maximum absolute atomic E-state index is 12.6. The van der Waals surface area contributed by atoms with Gasteiger partial charge in [0.2, 0.25) is 0 Å². The lowest BCUT2D eigenvalue weighted by Gasteiger charge is -2.21. The van der Waals surface area contributed by atoms with Gasteiger partial charge in [0.1, 0.15) is 11.5 Å². The molecular formula is C20H24ClNO3. The quantitative estimate of drug-likeness (QED) is 0.778. The molecule has 2 atom stereocenters. The van der Waals surface area contributed by atoms with Crippen LogP contribution in [-0.2, 0) is 4.79 Å². The van der Waals surface area contributed by atoms with Crippen LogP contribution in [0.4, 0.5) is 0 Å². The van der Waals surface area contributed by atoms with Gasteiger partial charge in [-0.15, -0.1) is 0 Å². The van der Waals surface area contributed by atoms with Crippen LogP contribution >= 0.6 is 11.6 Å². The molecule has 2 aromatic rings. The topological polar surface area (TPSA) is 47.6 Å². The molecule has 5 heteroatoms. The van der Waals surface area contributed by atoms with E-state index < -0.39 is 6.10 Å². The van der Waals surface area contributed by atoms with Gasteiger partial charge < -0.3 is 14.8 Å². The average Bonchev–Trinajstić information content (AvgIpc) is 2.62. The van der Waals surface area contributed by atoms with Gasteiger partial charge in [0.15, 0.2) is 6.10 Å². The molecule has 1 amide bonds. The lowest BCUT2D eigenvalue weighted by molar-refractivity contribution is -0.128. The predicted molar refractivity (Wildman–Crippen MR) is 100 cm³/mol. The number of halogens is 1. The molecule has 25 heavy (non-hydrogen) atoms. The van der Waals surface area contributed by atoms with Gasteiger partial charge in [-0.25, -0.2) is 0 Å². The van der Waals surface area contributed by atoms with E-state index in [0.29, 0.717) is 17.2 Å². The molecule has 2 rings (SSSR count). The number of rotatable bonds is 7. The second-order valence-electron chi connectivity index (χ2n) is 5.93. The van der Waals surface area contributed by atoms with E-state index in [4.69, 9.17) is 21.1 Å². The minimum Gasteiger partial charge on any atom is -0.497 e. The zero-order chi connectivity index (χ0) is 18.4. The highest BCUT2D eigenvalue weighted by Crippen LogP contribution is 2.23. The van der Waals surface area contributed by atoms with Crippen molar-refractivity contribution in [1.82, 2.24) is 5.32 Å². The van der Waals surface area contributed by atoms with E-state index in [2.05, 4.69) is 5.32 Å². The van der Waals surface area contributed by atoms with Crippen LogP contribution in [0.3, 0.4) is 0 Å². The lowest BCUT2D eigenvalue weighted by atomic mass is 10.1. The summed E-state index contributed by atoms with van der Waals surface area (Å²) in [6.07, 6.45) is 0.0179. The van der Waals surface area contributed by atoms with Gasteiger partial charge in [-0.3, -0.25) is 4.79 Å². The highest BCUT2D eigenvalue weighted by molar-refractivity contribution is 6.31. The van der Waals surface area contributed by atoms with Gasteiger partial charge in [-0.05, 0) is 61.7 Å². The molecule has 134 valence electrons. The fraction of sp³-hybridized carbons (Fsp3) is 0.350. The normalized spacial score (nSPS) is 13.0. The smallest absolute Gasteiger partial charge is 0.261 e. The first-order chi connectivity index (χ1) is 11.9. The largest absolute Gasteiger partial charge is 0.497 e. The van der Waals surface area contributed by atoms with E-state index in [1.54, 1.807) is 19.2 Å². The van der Waals surface area contributed by atoms with E-state index in [1.165, 1.54) is 0 Å². The second-order valence-corrected chi connectivity index (χ2v) is 6.34. The SMILES string of the molecule is CC[C@H](Oc1ccc(Cl)c(C)c1)C(=O)N[C@@H](C)c1ccc(OC)cc1. The van der Waals surface area contributed by atoms with Crippen molar-refractivity contribution in [3.05, 3.63) is 58.6 Å². The van der Waals surface area contributed by atoms with Gasteiger partial charge in [0.05, 0.1) is 13.2 Å². The van der Waals surface area contributed by atoms with Crippen LogP contribution in [0.1, 0.15) is 37.4 Å². The molecule has 0 aliphatic carbocycles. The maximum atomic E-state index is 12.6. The number of carbonyl (C=O) groups is 1. The Morgan fingerprint density at radius 1 is 1.16 bits per heavy atom. The maximum Gasteiger partial charge on any atom is 0.261 e. The molecule has 0 heterocycles. The second kappa shape index (κ2) is 8.77. The van der Waals surface area contributed by atoms with E-state index in [0.717, 1.165) is 16.9 Å².